The average molecular weight is 286 g/mol. The SMILES string of the molecule is CC(C)(CCCO)CNC(=O)/C=C/c1ccc(C#N)cc1. The predicted molar refractivity (Wildman–Crippen MR) is 83.3 cm³/mol. The Morgan fingerprint density at radius 1 is 1.38 bits per heavy atom. The topological polar surface area (TPSA) is 73.1 Å². The minimum atomic E-state index is -0.142. The van der Waals surface area contributed by atoms with Crippen molar-refractivity contribution in [3.63, 3.8) is 0 Å². The van der Waals surface area contributed by atoms with Gasteiger partial charge in [-0.1, -0.05) is 26.0 Å². The van der Waals surface area contributed by atoms with Crippen molar-refractivity contribution < 1.29 is 9.90 Å². The first-order chi connectivity index (χ1) is 9.96. The molecule has 1 amide bonds. The van der Waals surface area contributed by atoms with E-state index in [1.54, 1.807) is 30.3 Å². The predicted octanol–water partition coefficient (Wildman–Crippen LogP) is 2.49. The van der Waals surface area contributed by atoms with Crippen LogP contribution in [0.25, 0.3) is 6.08 Å². The smallest absolute Gasteiger partial charge is 0.244 e. The van der Waals surface area contributed by atoms with Crippen molar-refractivity contribution in [3.8, 4) is 6.07 Å². The Kier molecular flexibility index (Phi) is 6.64. The van der Waals surface area contributed by atoms with Crippen LogP contribution in [0.4, 0.5) is 0 Å². The van der Waals surface area contributed by atoms with Gasteiger partial charge in [0.25, 0.3) is 0 Å². The van der Waals surface area contributed by atoms with Gasteiger partial charge in [0.05, 0.1) is 11.6 Å². The standard InChI is InChI=1S/C17H22N2O2/c1-17(2,10-3-11-20)13-19-16(21)9-8-14-4-6-15(12-18)7-5-14/h4-9,20H,3,10-11,13H2,1-2H3,(H,19,21)/b9-8+. The number of rotatable bonds is 7. The Labute approximate surface area is 126 Å². The zero-order valence-electron chi connectivity index (χ0n) is 12.6. The molecule has 0 aliphatic carbocycles. The number of nitrogens with one attached hydrogen (secondary N) is 1. The van der Waals surface area contributed by atoms with Gasteiger partial charge in [-0.15, -0.1) is 0 Å². The Morgan fingerprint density at radius 3 is 2.62 bits per heavy atom. The van der Waals surface area contributed by atoms with Crippen molar-refractivity contribution in [2.45, 2.75) is 26.7 Å². The molecule has 4 nitrogen and oxygen atoms in total. The molecule has 0 bridgehead atoms. The lowest BCUT2D eigenvalue weighted by Crippen LogP contribution is -2.33. The van der Waals surface area contributed by atoms with Crippen LogP contribution in [0.2, 0.25) is 0 Å². The molecule has 112 valence electrons. The highest BCUT2D eigenvalue weighted by Gasteiger charge is 2.17. The number of aliphatic hydroxyl groups excluding tert-OH is 1. The van der Waals surface area contributed by atoms with E-state index in [2.05, 4.69) is 25.2 Å². The van der Waals surface area contributed by atoms with Gasteiger partial charge >= 0.3 is 0 Å². The first-order valence-electron chi connectivity index (χ1n) is 7.04. The molecule has 0 heterocycles. The molecule has 21 heavy (non-hydrogen) atoms. The number of carbonyl (C=O) groups excluding carboxylic acids is 1. The second-order valence-corrected chi connectivity index (χ2v) is 5.78. The van der Waals surface area contributed by atoms with E-state index in [1.165, 1.54) is 6.08 Å². The average Bonchev–Trinajstić information content (AvgIpc) is 2.49. The second-order valence-electron chi connectivity index (χ2n) is 5.78. The summed E-state index contributed by atoms with van der Waals surface area (Å²) in [5.41, 5.74) is 1.45. The molecule has 0 unspecified atom stereocenters. The zero-order valence-corrected chi connectivity index (χ0v) is 12.6. The summed E-state index contributed by atoms with van der Waals surface area (Å²) >= 11 is 0. The molecule has 1 aromatic carbocycles. The van der Waals surface area contributed by atoms with E-state index in [0.717, 1.165) is 18.4 Å². The Bertz CT molecular complexity index is 525. The summed E-state index contributed by atoms with van der Waals surface area (Å²) in [5.74, 6) is -0.142. The van der Waals surface area contributed by atoms with Gasteiger partial charge in [-0.05, 0) is 42.0 Å². The lowest BCUT2D eigenvalue weighted by atomic mass is 9.88. The van der Waals surface area contributed by atoms with E-state index in [1.807, 2.05) is 0 Å². The van der Waals surface area contributed by atoms with Crippen LogP contribution in [0.5, 0.6) is 0 Å². The van der Waals surface area contributed by atoms with Gasteiger partial charge < -0.3 is 10.4 Å². The van der Waals surface area contributed by atoms with Crippen LogP contribution >= 0.6 is 0 Å². The monoisotopic (exact) mass is 286 g/mol. The highest BCUT2D eigenvalue weighted by atomic mass is 16.2. The number of carbonyl (C=O) groups is 1. The van der Waals surface area contributed by atoms with Crippen LogP contribution in [0, 0.1) is 16.7 Å². The van der Waals surface area contributed by atoms with E-state index in [0.29, 0.717) is 12.1 Å². The molecular weight excluding hydrogens is 264 g/mol. The quantitative estimate of drug-likeness (QED) is 0.756. The molecule has 1 rings (SSSR count). The number of aliphatic hydroxyl groups is 1. The lowest BCUT2D eigenvalue weighted by Gasteiger charge is -2.24. The summed E-state index contributed by atoms with van der Waals surface area (Å²) < 4.78 is 0. The fourth-order valence-electron chi connectivity index (χ4n) is 1.87. The summed E-state index contributed by atoms with van der Waals surface area (Å²) in [6.07, 6.45) is 4.81. The molecule has 0 saturated carbocycles. The molecule has 1 aromatic rings. The molecule has 0 aromatic heterocycles. The van der Waals surface area contributed by atoms with E-state index in [-0.39, 0.29) is 17.9 Å². The van der Waals surface area contributed by atoms with Gasteiger partial charge in [0.15, 0.2) is 0 Å². The summed E-state index contributed by atoms with van der Waals surface area (Å²) in [4.78, 5) is 11.8. The van der Waals surface area contributed by atoms with Gasteiger partial charge in [0.2, 0.25) is 5.91 Å². The first-order valence-corrected chi connectivity index (χ1v) is 7.04. The Morgan fingerprint density at radius 2 is 2.05 bits per heavy atom. The van der Waals surface area contributed by atoms with Crippen molar-refractivity contribution in [1.82, 2.24) is 5.32 Å². The summed E-state index contributed by atoms with van der Waals surface area (Å²) in [6, 6.07) is 9.09. The normalized spacial score (nSPS) is 11.3. The fraction of sp³-hybridized carbons (Fsp3) is 0.412. The van der Waals surface area contributed by atoms with Gasteiger partial charge in [-0.25, -0.2) is 0 Å². The highest BCUT2D eigenvalue weighted by molar-refractivity contribution is 5.91. The van der Waals surface area contributed by atoms with E-state index < -0.39 is 0 Å². The first kappa shape index (κ1) is 16.9. The number of hydrogen-bond donors (Lipinski definition) is 2. The van der Waals surface area contributed by atoms with E-state index in [4.69, 9.17) is 10.4 Å². The summed E-state index contributed by atoms with van der Waals surface area (Å²) in [6.45, 7) is 4.88. The molecule has 0 atom stereocenters. The van der Waals surface area contributed by atoms with Crippen LogP contribution in [0.3, 0.4) is 0 Å². The summed E-state index contributed by atoms with van der Waals surface area (Å²) in [7, 11) is 0. The molecule has 0 aliphatic heterocycles. The third-order valence-electron chi connectivity index (χ3n) is 3.22. The van der Waals surface area contributed by atoms with Crippen molar-refractivity contribution in [2.75, 3.05) is 13.2 Å². The van der Waals surface area contributed by atoms with Gasteiger partial charge in [-0.2, -0.15) is 5.26 Å². The summed E-state index contributed by atoms with van der Waals surface area (Å²) in [5, 5.41) is 20.4. The number of nitriles is 1. The van der Waals surface area contributed by atoms with Crippen LogP contribution < -0.4 is 5.32 Å². The molecular formula is C17H22N2O2. The number of hydrogen-bond acceptors (Lipinski definition) is 3. The molecule has 2 N–H and O–H groups in total. The minimum Gasteiger partial charge on any atom is -0.396 e. The second kappa shape index (κ2) is 8.23. The maximum atomic E-state index is 11.8. The van der Waals surface area contributed by atoms with Gasteiger partial charge in [-0.3, -0.25) is 4.79 Å². The maximum absolute atomic E-state index is 11.8. The van der Waals surface area contributed by atoms with Crippen LogP contribution in [0.15, 0.2) is 30.3 Å². The Balaban J connectivity index is 2.45. The number of nitrogens with zero attached hydrogens (tertiary/aromatic N) is 1. The molecule has 0 spiro atoms. The molecule has 0 aliphatic rings. The minimum absolute atomic E-state index is 0.0271. The molecule has 4 heteroatoms. The van der Waals surface area contributed by atoms with Gasteiger partial charge in [0.1, 0.15) is 0 Å². The number of amides is 1. The fourth-order valence-corrected chi connectivity index (χ4v) is 1.87. The van der Waals surface area contributed by atoms with Crippen LogP contribution in [0.1, 0.15) is 37.8 Å². The van der Waals surface area contributed by atoms with Gasteiger partial charge in [0, 0.05) is 19.2 Å². The van der Waals surface area contributed by atoms with Crippen molar-refractivity contribution in [3.05, 3.63) is 41.5 Å². The van der Waals surface area contributed by atoms with Crippen LogP contribution in [-0.4, -0.2) is 24.2 Å². The zero-order chi connectivity index (χ0) is 15.7. The maximum Gasteiger partial charge on any atom is 0.244 e. The van der Waals surface area contributed by atoms with Crippen LogP contribution in [-0.2, 0) is 4.79 Å². The van der Waals surface area contributed by atoms with E-state index in [9.17, 15) is 4.79 Å². The van der Waals surface area contributed by atoms with Crippen molar-refractivity contribution in [2.24, 2.45) is 5.41 Å². The number of benzene rings is 1. The molecule has 0 saturated heterocycles. The van der Waals surface area contributed by atoms with Crippen molar-refractivity contribution >= 4 is 12.0 Å². The highest BCUT2D eigenvalue weighted by Crippen LogP contribution is 2.20. The van der Waals surface area contributed by atoms with E-state index >= 15 is 0 Å². The lowest BCUT2D eigenvalue weighted by molar-refractivity contribution is -0.116. The van der Waals surface area contributed by atoms with Crippen molar-refractivity contribution in [1.29, 1.82) is 5.26 Å². The molecule has 0 radical (unpaired) electrons. The Hall–Kier alpha value is -2.12. The molecule has 0 fully saturated rings. The third-order valence-corrected chi connectivity index (χ3v) is 3.22. The largest absolute Gasteiger partial charge is 0.396 e. The third kappa shape index (κ3) is 6.73.